The van der Waals surface area contributed by atoms with Gasteiger partial charge in [-0.1, -0.05) is 11.6 Å². The Balaban J connectivity index is 2.12. The zero-order valence-electron chi connectivity index (χ0n) is 11.4. The lowest BCUT2D eigenvalue weighted by molar-refractivity contribution is 0.583. The molecule has 1 N–H and O–H groups in total. The molecule has 0 fully saturated rings. The lowest BCUT2D eigenvalue weighted by Crippen LogP contribution is -2.14. The molecule has 2 aromatic carbocycles. The molecule has 4 nitrogen and oxygen atoms in total. The first-order valence-corrected chi connectivity index (χ1v) is 8.26. The third kappa shape index (κ3) is 2.97. The lowest BCUT2D eigenvalue weighted by Gasteiger charge is -2.11. The van der Waals surface area contributed by atoms with Gasteiger partial charge in [0.1, 0.15) is 11.6 Å². The number of anilines is 1. The summed E-state index contributed by atoms with van der Waals surface area (Å²) in [6, 6.07) is 8.38. The van der Waals surface area contributed by atoms with Gasteiger partial charge in [-0.05, 0) is 36.4 Å². The van der Waals surface area contributed by atoms with Crippen molar-refractivity contribution in [1.82, 2.24) is 4.98 Å². The molecule has 0 spiro atoms. The van der Waals surface area contributed by atoms with Gasteiger partial charge in [0.15, 0.2) is 0 Å². The summed E-state index contributed by atoms with van der Waals surface area (Å²) in [5.41, 5.74) is -0.0324. The summed E-state index contributed by atoms with van der Waals surface area (Å²) in [5.74, 6) is -1.81. The Bertz CT molecular complexity index is 1010. The fourth-order valence-electron chi connectivity index (χ4n) is 2.12. The maximum atomic E-state index is 13.7. The van der Waals surface area contributed by atoms with E-state index >= 15 is 0 Å². The number of hydrogen-bond donors (Lipinski definition) is 1. The van der Waals surface area contributed by atoms with Crippen LogP contribution >= 0.6 is 11.6 Å². The molecule has 0 saturated heterocycles. The first-order valence-electron chi connectivity index (χ1n) is 6.39. The Labute approximate surface area is 135 Å². The summed E-state index contributed by atoms with van der Waals surface area (Å²) < 4.78 is 53.7. The monoisotopic (exact) mass is 354 g/mol. The van der Waals surface area contributed by atoms with E-state index in [1.54, 1.807) is 12.1 Å². The number of halogens is 3. The van der Waals surface area contributed by atoms with Crippen molar-refractivity contribution in [2.45, 2.75) is 4.90 Å². The Hall–Kier alpha value is -2.25. The zero-order valence-corrected chi connectivity index (χ0v) is 13.0. The number of fused-ring (bicyclic) bond motifs is 1. The van der Waals surface area contributed by atoms with Gasteiger partial charge >= 0.3 is 0 Å². The van der Waals surface area contributed by atoms with Gasteiger partial charge in [0.2, 0.25) is 0 Å². The normalized spacial score (nSPS) is 11.6. The number of benzene rings is 2. The van der Waals surface area contributed by atoms with Gasteiger partial charge in [0, 0.05) is 17.6 Å². The molecule has 3 aromatic rings. The van der Waals surface area contributed by atoms with Crippen LogP contribution in [0.4, 0.5) is 14.5 Å². The van der Waals surface area contributed by atoms with Crippen LogP contribution < -0.4 is 4.72 Å². The fourth-order valence-corrected chi connectivity index (χ4v) is 3.60. The van der Waals surface area contributed by atoms with Crippen molar-refractivity contribution in [2.75, 3.05) is 4.72 Å². The Kier molecular flexibility index (Phi) is 3.91. The van der Waals surface area contributed by atoms with E-state index in [0.717, 1.165) is 12.1 Å². The number of rotatable bonds is 3. The predicted octanol–water partition coefficient (Wildman–Crippen LogP) is 3.97. The number of hydrogen-bond acceptors (Lipinski definition) is 3. The minimum atomic E-state index is -4.10. The van der Waals surface area contributed by atoms with Gasteiger partial charge in [-0.25, -0.2) is 17.2 Å². The second-order valence-electron chi connectivity index (χ2n) is 4.67. The Morgan fingerprint density at radius 2 is 1.87 bits per heavy atom. The first kappa shape index (κ1) is 15.6. The van der Waals surface area contributed by atoms with Crippen LogP contribution in [0.5, 0.6) is 0 Å². The molecular weight excluding hydrogens is 346 g/mol. The van der Waals surface area contributed by atoms with Crippen molar-refractivity contribution in [3.05, 3.63) is 65.3 Å². The van der Waals surface area contributed by atoms with E-state index in [-0.39, 0.29) is 10.6 Å². The SMILES string of the molecule is O=S(=O)(Nc1ccc(F)cc1F)c1ccc(Cl)c2ncccc12. The molecule has 0 aliphatic carbocycles. The second kappa shape index (κ2) is 5.75. The van der Waals surface area contributed by atoms with Gasteiger partial charge in [-0.2, -0.15) is 0 Å². The van der Waals surface area contributed by atoms with Gasteiger partial charge in [-0.3, -0.25) is 9.71 Å². The molecule has 0 atom stereocenters. The number of sulfonamides is 1. The number of pyridine rings is 1. The number of nitrogens with zero attached hydrogens (tertiary/aromatic N) is 1. The highest BCUT2D eigenvalue weighted by molar-refractivity contribution is 7.93. The molecule has 3 rings (SSSR count). The van der Waals surface area contributed by atoms with Crippen LogP contribution in [0, 0.1) is 11.6 Å². The smallest absolute Gasteiger partial charge is 0.262 e. The minimum Gasteiger partial charge on any atom is -0.277 e. The van der Waals surface area contributed by atoms with Crippen molar-refractivity contribution in [3.8, 4) is 0 Å². The number of nitrogens with one attached hydrogen (secondary N) is 1. The highest BCUT2D eigenvalue weighted by atomic mass is 35.5. The Morgan fingerprint density at radius 3 is 2.61 bits per heavy atom. The average Bonchev–Trinajstić information content (AvgIpc) is 2.50. The molecule has 0 bridgehead atoms. The van der Waals surface area contributed by atoms with E-state index in [1.165, 1.54) is 18.3 Å². The molecular formula is C15H9ClF2N2O2S. The topological polar surface area (TPSA) is 59.1 Å². The van der Waals surface area contributed by atoms with Crippen molar-refractivity contribution >= 4 is 38.2 Å². The van der Waals surface area contributed by atoms with Crippen LogP contribution in [-0.2, 0) is 10.0 Å². The minimum absolute atomic E-state index is 0.103. The summed E-state index contributed by atoms with van der Waals surface area (Å²) in [5, 5.41) is 0.600. The van der Waals surface area contributed by atoms with E-state index < -0.39 is 21.7 Å². The Morgan fingerprint density at radius 1 is 1.09 bits per heavy atom. The molecule has 8 heteroatoms. The molecule has 118 valence electrons. The maximum Gasteiger partial charge on any atom is 0.262 e. The molecule has 1 aromatic heterocycles. The fraction of sp³-hybridized carbons (Fsp3) is 0. The van der Waals surface area contributed by atoms with E-state index in [4.69, 9.17) is 11.6 Å². The van der Waals surface area contributed by atoms with Gasteiger partial charge in [0.05, 0.1) is 21.1 Å². The highest BCUT2D eigenvalue weighted by Gasteiger charge is 2.20. The average molecular weight is 355 g/mol. The van der Waals surface area contributed by atoms with E-state index in [0.29, 0.717) is 22.0 Å². The molecule has 0 amide bonds. The van der Waals surface area contributed by atoms with Crippen LogP contribution in [0.15, 0.2) is 53.6 Å². The molecule has 0 radical (unpaired) electrons. The summed E-state index contributed by atoms with van der Waals surface area (Å²) in [7, 11) is -4.10. The molecule has 0 aliphatic rings. The zero-order chi connectivity index (χ0) is 16.6. The lowest BCUT2D eigenvalue weighted by atomic mass is 10.2. The summed E-state index contributed by atoms with van der Waals surface area (Å²) in [4.78, 5) is 3.94. The third-order valence-corrected chi connectivity index (χ3v) is 4.87. The van der Waals surface area contributed by atoms with Gasteiger partial charge in [-0.15, -0.1) is 0 Å². The van der Waals surface area contributed by atoms with Crippen LogP contribution in [0.2, 0.25) is 5.02 Å². The summed E-state index contributed by atoms with van der Waals surface area (Å²) in [6.07, 6.45) is 1.48. The van der Waals surface area contributed by atoms with Crippen molar-refractivity contribution in [3.63, 3.8) is 0 Å². The van der Waals surface area contributed by atoms with Crippen LogP contribution in [0.3, 0.4) is 0 Å². The van der Waals surface area contributed by atoms with Crippen LogP contribution in [-0.4, -0.2) is 13.4 Å². The summed E-state index contributed by atoms with van der Waals surface area (Å²) in [6.45, 7) is 0. The first-order chi connectivity index (χ1) is 10.9. The summed E-state index contributed by atoms with van der Waals surface area (Å²) >= 11 is 6.00. The van der Waals surface area contributed by atoms with E-state index in [2.05, 4.69) is 9.71 Å². The molecule has 1 heterocycles. The van der Waals surface area contributed by atoms with Crippen molar-refractivity contribution < 1.29 is 17.2 Å². The van der Waals surface area contributed by atoms with Gasteiger partial charge in [0.25, 0.3) is 10.0 Å². The van der Waals surface area contributed by atoms with E-state index in [1.807, 2.05) is 0 Å². The maximum absolute atomic E-state index is 13.7. The van der Waals surface area contributed by atoms with Gasteiger partial charge < -0.3 is 0 Å². The van der Waals surface area contributed by atoms with Crippen molar-refractivity contribution in [1.29, 1.82) is 0 Å². The molecule has 0 saturated carbocycles. The molecule has 23 heavy (non-hydrogen) atoms. The quantitative estimate of drug-likeness (QED) is 0.774. The van der Waals surface area contributed by atoms with Crippen LogP contribution in [0.1, 0.15) is 0 Å². The largest absolute Gasteiger partial charge is 0.277 e. The molecule has 0 unspecified atom stereocenters. The predicted molar refractivity (Wildman–Crippen MR) is 83.9 cm³/mol. The molecule has 0 aliphatic heterocycles. The third-order valence-electron chi connectivity index (χ3n) is 3.15. The van der Waals surface area contributed by atoms with Crippen molar-refractivity contribution in [2.24, 2.45) is 0 Å². The highest BCUT2D eigenvalue weighted by Crippen LogP contribution is 2.29. The van der Waals surface area contributed by atoms with E-state index in [9.17, 15) is 17.2 Å². The standard InChI is InChI=1S/C15H9ClF2N2O2S/c16-11-4-6-14(10-2-1-7-19-15(10)11)23(21,22)20-13-5-3-9(17)8-12(13)18/h1-8,20H. The number of aromatic nitrogens is 1. The van der Waals surface area contributed by atoms with Crippen LogP contribution in [0.25, 0.3) is 10.9 Å². The second-order valence-corrected chi connectivity index (χ2v) is 6.73.